The zero-order valence-electron chi connectivity index (χ0n) is 14.5. The molecule has 0 aromatic carbocycles. The van der Waals surface area contributed by atoms with Crippen LogP contribution in [-0.4, -0.2) is 36.1 Å². The zero-order chi connectivity index (χ0) is 14.8. The maximum absolute atomic E-state index is 3.75. The summed E-state index contributed by atoms with van der Waals surface area (Å²) in [6.45, 7) is 15.7. The molecule has 1 saturated heterocycles. The Balaban J connectivity index is 2.05. The highest BCUT2D eigenvalue weighted by Crippen LogP contribution is 2.42. The quantitative estimate of drug-likeness (QED) is 0.817. The van der Waals surface area contributed by atoms with E-state index in [4.69, 9.17) is 0 Å². The van der Waals surface area contributed by atoms with Crippen LogP contribution >= 0.6 is 0 Å². The summed E-state index contributed by atoms with van der Waals surface area (Å²) >= 11 is 0. The van der Waals surface area contributed by atoms with Crippen molar-refractivity contribution in [3.05, 3.63) is 0 Å². The summed E-state index contributed by atoms with van der Waals surface area (Å²) in [6.07, 6.45) is 8.46. The lowest BCUT2D eigenvalue weighted by Crippen LogP contribution is -2.51. The summed E-state index contributed by atoms with van der Waals surface area (Å²) in [5.74, 6) is 0.906. The van der Waals surface area contributed by atoms with Gasteiger partial charge in [0.25, 0.3) is 0 Å². The van der Waals surface area contributed by atoms with Crippen molar-refractivity contribution < 1.29 is 0 Å². The minimum atomic E-state index is 0.422. The molecule has 0 bridgehead atoms. The first kappa shape index (κ1) is 16.3. The maximum atomic E-state index is 3.75. The number of hydrogen-bond acceptors (Lipinski definition) is 2. The number of nitrogens with zero attached hydrogens (tertiary/aromatic N) is 1. The molecule has 1 aliphatic heterocycles. The molecule has 1 heterocycles. The van der Waals surface area contributed by atoms with E-state index < -0.39 is 0 Å². The van der Waals surface area contributed by atoms with Gasteiger partial charge in [0.15, 0.2) is 0 Å². The van der Waals surface area contributed by atoms with Crippen LogP contribution in [0, 0.1) is 11.3 Å². The Morgan fingerprint density at radius 3 is 2.50 bits per heavy atom. The van der Waals surface area contributed by atoms with Gasteiger partial charge in [0.05, 0.1) is 0 Å². The summed E-state index contributed by atoms with van der Waals surface area (Å²) in [4.78, 5) is 2.78. The second-order valence-corrected chi connectivity index (χ2v) is 8.57. The van der Waals surface area contributed by atoms with Crippen molar-refractivity contribution in [3.63, 3.8) is 0 Å². The highest BCUT2D eigenvalue weighted by atomic mass is 15.2. The van der Waals surface area contributed by atoms with Crippen LogP contribution in [0.25, 0.3) is 0 Å². The molecule has 2 unspecified atom stereocenters. The number of nitrogens with one attached hydrogen (secondary N) is 1. The minimum absolute atomic E-state index is 0.422. The highest BCUT2D eigenvalue weighted by Gasteiger charge is 2.41. The fourth-order valence-electron chi connectivity index (χ4n) is 4.41. The molecule has 118 valence electrons. The van der Waals surface area contributed by atoms with Gasteiger partial charge in [-0.3, -0.25) is 4.90 Å². The topological polar surface area (TPSA) is 15.3 Å². The second kappa shape index (κ2) is 6.36. The van der Waals surface area contributed by atoms with Gasteiger partial charge in [-0.15, -0.1) is 0 Å². The molecule has 20 heavy (non-hydrogen) atoms. The van der Waals surface area contributed by atoms with Crippen molar-refractivity contribution in [1.82, 2.24) is 10.2 Å². The third-order valence-electron chi connectivity index (χ3n) is 5.67. The summed E-state index contributed by atoms with van der Waals surface area (Å²) in [7, 11) is 0. The fraction of sp³-hybridized carbons (Fsp3) is 1.00. The van der Waals surface area contributed by atoms with E-state index in [1.54, 1.807) is 0 Å². The van der Waals surface area contributed by atoms with Gasteiger partial charge in [-0.05, 0) is 57.4 Å². The van der Waals surface area contributed by atoms with E-state index in [-0.39, 0.29) is 0 Å². The molecular weight excluding hydrogens is 244 g/mol. The molecule has 0 radical (unpaired) electrons. The lowest BCUT2D eigenvalue weighted by Gasteiger charge is -2.46. The van der Waals surface area contributed by atoms with Crippen molar-refractivity contribution in [2.75, 3.05) is 19.6 Å². The number of likely N-dealkylation sites (tertiary alicyclic amines) is 1. The van der Waals surface area contributed by atoms with E-state index in [2.05, 4.69) is 44.8 Å². The van der Waals surface area contributed by atoms with Crippen molar-refractivity contribution in [3.8, 4) is 0 Å². The van der Waals surface area contributed by atoms with Crippen molar-refractivity contribution in [1.29, 1.82) is 0 Å². The summed E-state index contributed by atoms with van der Waals surface area (Å²) in [6, 6.07) is 0.607. The van der Waals surface area contributed by atoms with E-state index >= 15 is 0 Å². The SMILES string of the molecule is CC1CCCC(CNC(C)C)(CN2CCCC2(C)C)C1. The molecule has 0 amide bonds. The van der Waals surface area contributed by atoms with Crippen molar-refractivity contribution in [2.45, 2.75) is 84.7 Å². The molecular formula is C18H36N2. The summed E-state index contributed by atoms with van der Waals surface area (Å²) in [5, 5.41) is 3.75. The maximum Gasteiger partial charge on any atom is 0.0153 e. The smallest absolute Gasteiger partial charge is 0.0153 e. The third-order valence-corrected chi connectivity index (χ3v) is 5.67. The first-order valence-corrected chi connectivity index (χ1v) is 8.81. The molecule has 2 aliphatic rings. The van der Waals surface area contributed by atoms with Crippen LogP contribution < -0.4 is 5.32 Å². The fourth-order valence-corrected chi connectivity index (χ4v) is 4.41. The van der Waals surface area contributed by atoms with Gasteiger partial charge in [-0.1, -0.05) is 33.6 Å². The van der Waals surface area contributed by atoms with Gasteiger partial charge < -0.3 is 5.32 Å². The molecule has 1 aliphatic carbocycles. The Hall–Kier alpha value is -0.0800. The van der Waals surface area contributed by atoms with Crippen LogP contribution in [0.2, 0.25) is 0 Å². The standard InChI is InChI=1S/C18H36N2/c1-15(2)19-13-18(10-6-8-16(3)12-18)14-20-11-7-9-17(20,4)5/h15-16,19H,6-14H2,1-5H3. The molecule has 2 atom stereocenters. The van der Waals surface area contributed by atoms with Gasteiger partial charge in [0.1, 0.15) is 0 Å². The Morgan fingerprint density at radius 2 is 1.95 bits per heavy atom. The normalized spacial score (nSPS) is 34.8. The molecule has 2 fully saturated rings. The lowest BCUT2D eigenvalue weighted by molar-refractivity contribution is 0.0487. The van der Waals surface area contributed by atoms with Crippen LogP contribution in [0.4, 0.5) is 0 Å². The second-order valence-electron chi connectivity index (χ2n) is 8.57. The molecule has 2 heteroatoms. The van der Waals surface area contributed by atoms with Crippen LogP contribution in [0.5, 0.6) is 0 Å². The van der Waals surface area contributed by atoms with E-state index in [1.807, 2.05) is 0 Å². The van der Waals surface area contributed by atoms with E-state index in [0.717, 1.165) is 5.92 Å². The molecule has 1 N–H and O–H groups in total. The Bertz CT molecular complexity index is 311. The molecule has 0 aromatic rings. The molecule has 2 nitrogen and oxygen atoms in total. The Labute approximate surface area is 126 Å². The molecule has 0 spiro atoms. The Kier molecular flexibility index (Phi) is 5.18. The Morgan fingerprint density at radius 1 is 1.20 bits per heavy atom. The van der Waals surface area contributed by atoms with Crippen molar-refractivity contribution >= 4 is 0 Å². The summed E-state index contributed by atoms with van der Waals surface area (Å²) in [5.41, 5.74) is 0.940. The van der Waals surface area contributed by atoms with Gasteiger partial charge in [0, 0.05) is 24.7 Å². The molecule has 2 rings (SSSR count). The van der Waals surface area contributed by atoms with Crippen LogP contribution in [0.3, 0.4) is 0 Å². The van der Waals surface area contributed by atoms with Crippen LogP contribution in [0.15, 0.2) is 0 Å². The van der Waals surface area contributed by atoms with Gasteiger partial charge in [-0.2, -0.15) is 0 Å². The van der Waals surface area contributed by atoms with E-state index in [0.29, 0.717) is 17.0 Å². The monoisotopic (exact) mass is 280 g/mol. The lowest BCUT2D eigenvalue weighted by atomic mass is 9.69. The third kappa shape index (κ3) is 3.98. The number of hydrogen-bond donors (Lipinski definition) is 1. The zero-order valence-corrected chi connectivity index (χ0v) is 14.5. The highest BCUT2D eigenvalue weighted by molar-refractivity contribution is 4.96. The predicted octanol–water partition coefficient (Wildman–Crippen LogP) is 4.06. The van der Waals surface area contributed by atoms with Crippen molar-refractivity contribution in [2.24, 2.45) is 11.3 Å². The minimum Gasteiger partial charge on any atom is -0.314 e. The molecule has 0 aromatic heterocycles. The van der Waals surface area contributed by atoms with Gasteiger partial charge in [-0.25, -0.2) is 0 Å². The average molecular weight is 280 g/mol. The van der Waals surface area contributed by atoms with Crippen LogP contribution in [0.1, 0.15) is 73.1 Å². The van der Waals surface area contributed by atoms with E-state index in [1.165, 1.54) is 58.2 Å². The first-order chi connectivity index (χ1) is 9.33. The number of rotatable bonds is 5. The van der Waals surface area contributed by atoms with E-state index in [9.17, 15) is 0 Å². The molecule has 1 saturated carbocycles. The average Bonchev–Trinajstić information content (AvgIpc) is 2.66. The van der Waals surface area contributed by atoms with Crippen LogP contribution in [-0.2, 0) is 0 Å². The predicted molar refractivity (Wildman–Crippen MR) is 88.1 cm³/mol. The van der Waals surface area contributed by atoms with Gasteiger partial charge >= 0.3 is 0 Å². The summed E-state index contributed by atoms with van der Waals surface area (Å²) < 4.78 is 0. The first-order valence-electron chi connectivity index (χ1n) is 8.81. The van der Waals surface area contributed by atoms with Gasteiger partial charge in [0.2, 0.25) is 0 Å². The largest absolute Gasteiger partial charge is 0.314 e.